The maximum absolute atomic E-state index is 13.3. The molecule has 33 heavy (non-hydrogen) atoms. The number of aryl methyl sites for hydroxylation is 2. The van der Waals surface area contributed by atoms with Gasteiger partial charge in [-0.25, -0.2) is 9.80 Å². The van der Waals surface area contributed by atoms with Crippen LogP contribution in [0.4, 0.5) is 4.79 Å². The van der Waals surface area contributed by atoms with Gasteiger partial charge in [0.25, 0.3) is 5.91 Å². The molecule has 0 unspecified atom stereocenters. The van der Waals surface area contributed by atoms with Gasteiger partial charge in [0.15, 0.2) is 11.5 Å². The van der Waals surface area contributed by atoms with Crippen LogP contribution in [0.5, 0.6) is 11.5 Å². The number of benzene rings is 2. The van der Waals surface area contributed by atoms with Gasteiger partial charge in [-0.3, -0.25) is 4.79 Å². The van der Waals surface area contributed by atoms with E-state index in [0.717, 1.165) is 16.8 Å². The van der Waals surface area contributed by atoms with Gasteiger partial charge in [-0.15, -0.1) is 0 Å². The van der Waals surface area contributed by atoms with Crippen molar-refractivity contribution in [3.63, 3.8) is 0 Å². The van der Waals surface area contributed by atoms with Crippen molar-refractivity contribution in [3.05, 3.63) is 58.7 Å². The van der Waals surface area contributed by atoms with E-state index >= 15 is 0 Å². The van der Waals surface area contributed by atoms with Gasteiger partial charge in [0.2, 0.25) is 0 Å². The first-order valence-corrected chi connectivity index (χ1v) is 11.0. The highest BCUT2D eigenvalue weighted by atomic mass is 16.5. The van der Waals surface area contributed by atoms with Crippen LogP contribution in [0.3, 0.4) is 0 Å². The normalized spacial score (nSPS) is 15.2. The summed E-state index contributed by atoms with van der Waals surface area (Å²) in [4.78, 5) is 26.8. The van der Waals surface area contributed by atoms with Gasteiger partial charge in [0, 0.05) is 20.0 Å². The second-order valence-corrected chi connectivity index (χ2v) is 8.11. The number of carbonyl (C=O) groups excluding carboxylic acids is 2. The van der Waals surface area contributed by atoms with Crippen molar-refractivity contribution in [2.45, 2.75) is 33.2 Å². The van der Waals surface area contributed by atoms with Gasteiger partial charge in [-0.1, -0.05) is 18.2 Å². The molecule has 8 nitrogen and oxygen atoms in total. The molecule has 8 heteroatoms. The van der Waals surface area contributed by atoms with Crippen LogP contribution in [0.1, 0.15) is 41.6 Å². The number of nitrogens with zero attached hydrogens (tertiary/aromatic N) is 3. The van der Waals surface area contributed by atoms with Crippen LogP contribution in [0, 0.1) is 13.8 Å². The minimum atomic E-state index is -0.323. The largest absolute Gasteiger partial charge is 0.493 e. The fourth-order valence-electron chi connectivity index (χ4n) is 3.79. The van der Waals surface area contributed by atoms with E-state index in [1.807, 2.05) is 31.2 Å². The lowest BCUT2D eigenvalue weighted by atomic mass is 9.96. The number of nitrogens with one attached hydrogen (secondary N) is 1. The number of carbonyl (C=O) groups is 2. The lowest BCUT2D eigenvalue weighted by Gasteiger charge is -2.25. The second kappa shape index (κ2) is 10.4. The van der Waals surface area contributed by atoms with Gasteiger partial charge < -0.3 is 19.7 Å². The maximum Gasteiger partial charge on any atom is 0.317 e. The quantitative estimate of drug-likeness (QED) is 0.695. The average molecular weight is 453 g/mol. The van der Waals surface area contributed by atoms with Crippen LogP contribution < -0.4 is 14.8 Å². The first-order chi connectivity index (χ1) is 15.8. The number of ether oxygens (including phenoxy) is 2. The first-order valence-electron chi connectivity index (χ1n) is 11.0. The molecule has 3 amide bonds. The number of rotatable bonds is 7. The molecular formula is C25H32N4O4. The number of amides is 3. The Kier molecular flexibility index (Phi) is 7.58. The van der Waals surface area contributed by atoms with Crippen LogP contribution in [0.2, 0.25) is 0 Å². The molecule has 1 aliphatic rings. The molecule has 1 atom stereocenters. The summed E-state index contributed by atoms with van der Waals surface area (Å²) in [6, 6.07) is 11.2. The van der Waals surface area contributed by atoms with E-state index in [-0.39, 0.29) is 24.5 Å². The van der Waals surface area contributed by atoms with Gasteiger partial charge >= 0.3 is 6.03 Å². The van der Waals surface area contributed by atoms with Crippen molar-refractivity contribution in [1.29, 1.82) is 0 Å². The third kappa shape index (κ3) is 5.27. The molecule has 2 aromatic rings. The molecule has 3 rings (SSSR count). The fraction of sp³-hybridized carbons (Fsp3) is 0.400. The summed E-state index contributed by atoms with van der Waals surface area (Å²) in [5.74, 6) is 0.937. The van der Waals surface area contributed by atoms with Crippen molar-refractivity contribution in [1.82, 2.24) is 15.2 Å². The average Bonchev–Trinajstić information content (AvgIpc) is 3.26. The summed E-state index contributed by atoms with van der Waals surface area (Å²) < 4.78 is 10.8. The van der Waals surface area contributed by atoms with Crippen LogP contribution >= 0.6 is 0 Å². The highest BCUT2D eigenvalue weighted by molar-refractivity contribution is 6.03. The summed E-state index contributed by atoms with van der Waals surface area (Å²) in [6.45, 7) is 6.37. The zero-order valence-electron chi connectivity index (χ0n) is 20.1. The molecule has 0 radical (unpaired) electrons. The number of hydrogen-bond acceptors (Lipinski definition) is 5. The highest BCUT2D eigenvalue weighted by Gasteiger charge is 2.34. The Morgan fingerprint density at radius 2 is 1.82 bits per heavy atom. The van der Waals surface area contributed by atoms with Gasteiger partial charge in [-0.2, -0.15) is 5.10 Å². The van der Waals surface area contributed by atoms with Crippen molar-refractivity contribution in [3.8, 4) is 11.5 Å². The van der Waals surface area contributed by atoms with Crippen LogP contribution in [-0.2, 0) is 4.79 Å². The van der Waals surface area contributed by atoms with Crippen molar-refractivity contribution in [2.75, 3.05) is 34.4 Å². The first kappa shape index (κ1) is 24.1. The Balaban J connectivity index is 1.95. The molecule has 1 aliphatic heterocycles. The summed E-state index contributed by atoms with van der Waals surface area (Å²) in [7, 11) is 4.76. The number of likely N-dealkylation sites (N-methyl/N-ethyl adjacent to an activating group) is 1. The molecule has 0 saturated carbocycles. The van der Waals surface area contributed by atoms with E-state index in [2.05, 4.69) is 31.3 Å². The molecule has 1 N–H and O–H groups in total. The number of urea groups is 1. The predicted molar refractivity (Wildman–Crippen MR) is 128 cm³/mol. The highest BCUT2D eigenvalue weighted by Crippen LogP contribution is 2.37. The summed E-state index contributed by atoms with van der Waals surface area (Å²) >= 11 is 0. The monoisotopic (exact) mass is 452 g/mol. The number of hydrazone groups is 1. The minimum absolute atomic E-state index is 0.0840. The lowest BCUT2D eigenvalue weighted by molar-refractivity contribution is -0.133. The molecule has 1 heterocycles. The molecular weight excluding hydrogens is 420 g/mol. The standard InChI is InChI=1S/C25H32N4O4/c1-7-26-25(31)28(4)15-24(30)29-21(19-10-11-22(32-5)23(13-19)33-6)14-20(27-29)18-9-8-16(2)17(3)12-18/h8-13,21H,7,14-15H2,1-6H3,(H,26,31)/t21-/m0/s1. The predicted octanol–water partition coefficient (Wildman–Crippen LogP) is 3.66. The molecule has 0 saturated heterocycles. The van der Waals surface area contributed by atoms with Crippen molar-refractivity contribution < 1.29 is 19.1 Å². The number of hydrogen-bond donors (Lipinski definition) is 1. The van der Waals surface area contributed by atoms with E-state index in [1.165, 1.54) is 21.0 Å². The topological polar surface area (TPSA) is 83.5 Å². The molecule has 0 fully saturated rings. The second-order valence-electron chi connectivity index (χ2n) is 8.11. The van der Waals surface area contributed by atoms with Gasteiger partial charge in [-0.05, 0) is 61.2 Å². The Bertz CT molecular complexity index is 1070. The zero-order valence-corrected chi connectivity index (χ0v) is 20.1. The SMILES string of the molecule is CCNC(=O)N(C)CC(=O)N1N=C(c2ccc(C)c(C)c2)C[C@H]1c1ccc(OC)c(OC)c1. The fourth-order valence-corrected chi connectivity index (χ4v) is 3.79. The Labute approximate surface area is 195 Å². The van der Waals surface area contributed by atoms with E-state index in [4.69, 9.17) is 14.6 Å². The Morgan fingerprint density at radius 3 is 2.45 bits per heavy atom. The molecule has 0 aromatic heterocycles. The molecule has 0 bridgehead atoms. The van der Waals surface area contributed by atoms with Crippen LogP contribution in [0.25, 0.3) is 0 Å². The van der Waals surface area contributed by atoms with Crippen LogP contribution in [-0.4, -0.2) is 61.9 Å². The minimum Gasteiger partial charge on any atom is -0.493 e. The molecule has 0 spiro atoms. The zero-order chi connectivity index (χ0) is 24.1. The summed E-state index contributed by atoms with van der Waals surface area (Å²) in [5, 5.41) is 8.91. The van der Waals surface area contributed by atoms with E-state index < -0.39 is 0 Å². The third-order valence-corrected chi connectivity index (χ3v) is 5.85. The summed E-state index contributed by atoms with van der Waals surface area (Å²) in [5.41, 5.74) is 5.05. The van der Waals surface area contributed by atoms with E-state index in [1.54, 1.807) is 21.3 Å². The third-order valence-electron chi connectivity index (χ3n) is 5.85. The van der Waals surface area contributed by atoms with Crippen LogP contribution in [0.15, 0.2) is 41.5 Å². The number of methoxy groups -OCH3 is 2. The molecule has 0 aliphatic carbocycles. The Hall–Kier alpha value is -3.55. The smallest absolute Gasteiger partial charge is 0.317 e. The maximum atomic E-state index is 13.3. The Morgan fingerprint density at radius 1 is 1.09 bits per heavy atom. The van der Waals surface area contributed by atoms with E-state index in [0.29, 0.717) is 24.5 Å². The summed E-state index contributed by atoms with van der Waals surface area (Å²) in [6.07, 6.45) is 0.550. The molecule has 176 valence electrons. The van der Waals surface area contributed by atoms with Gasteiger partial charge in [0.1, 0.15) is 6.54 Å². The van der Waals surface area contributed by atoms with Crippen molar-refractivity contribution in [2.24, 2.45) is 5.10 Å². The van der Waals surface area contributed by atoms with E-state index in [9.17, 15) is 9.59 Å². The molecule has 2 aromatic carbocycles. The lowest BCUT2D eigenvalue weighted by Crippen LogP contribution is -2.43. The van der Waals surface area contributed by atoms with Crippen molar-refractivity contribution >= 4 is 17.6 Å². The van der Waals surface area contributed by atoms with Gasteiger partial charge in [0.05, 0.1) is 26.0 Å².